The van der Waals surface area contributed by atoms with E-state index in [1.165, 1.54) is 24.0 Å². The molecule has 2 rings (SSSR count). The molecular formula is C18H16Cl2FNO3. The number of halogens is 3. The lowest BCUT2D eigenvalue weighted by atomic mass is 10.1. The number of likely N-dealkylation sites (N-methyl/N-ethyl adjacent to an activating group) is 1. The monoisotopic (exact) mass is 383 g/mol. The SMILES string of the molecule is CC(=O)c1cc(F)ccc1OCC(=O)N(C)Cc1ccc(Cl)c(Cl)c1. The first-order chi connectivity index (χ1) is 11.8. The van der Waals surface area contributed by atoms with Crippen molar-refractivity contribution in [3.8, 4) is 5.75 Å². The van der Waals surface area contributed by atoms with Gasteiger partial charge in [0.05, 0.1) is 15.6 Å². The smallest absolute Gasteiger partial charge is 0.260 e. The Balaban J connectivity index is 2.00. The number of amides is 1. The highest BCUT2D eigenvalue weighted by molar-refractivity contribution is 6.42. The molecule has 132 valence electrons. The third-order valence-corrected chi connectivity index (χ3v) is 4.24. The van der Waals surface area contributed by atoms with Gasteiger partial charge in [-0.15, -0.1) is 0 Å². The number of hydrogen-bond donors (Lipinski definition) is 0. The summed E-state index contributed by atoms with van der Waals surface area (Å²) in [5, 5.41) is 0.851. The van der Waals surface area contributed by atoms with Crippen molar-refractivity contribution in [3.05, 3.63) is 63.4 Å². The van der Waals surface area contributed by atoms with E-state index in [0.717, 1.165) is 11.6 Å². The predicted octanol–water partition coefficient (Wildman–Crippen LogP) is 4.37. The highest BCUT2D eigenvalue weighted by atomic mass is 35.5. The molecule has 0 spiro atoms. The summed E-state index contributed by atoms with van der Waals surface area (Å²) in [7, 11) is 1.62. The number of carbonyl (C=O) groups is 2. The molecule has 0 fully saturated rings. The van der Waals surface area contributed by atoms with Gasteiger partial charge in [0.2, 0.25) is 0 Å². The van der Waals surface area contributed by atoms with Crippen molar-refractivity contribution in [2.24, 2.45) is 0 Å². The zero-order chi connectivity index (χ0) is 18.6. The van der Waals surface area contributed by atoms with Crippen LogP contribution >= 0.6 is 23.2 Å². The van der Waals surface area contributed by atoms with Crippen LogP contribution < -0.4 is 4.74 Å². The lowest BCUT2D eigenvalue weighted by Crippen LogP contribution is -2.31. The minimum absolute atomic E-state index is 0.0972. The van der Waals surface area contributed by atoms with E-state index in [4.69, 9.17) is 27.9 Å². The zero-order valence-electron chi connectivity index (χ0n) is 13.7. The summed E-state index contributed by atoms with van der Waals surface area (Å²) in [6.07, 6.45) is 0. The van der Waals surface area contributed by atoms with Crippen LogP contribution in [0.25, 0.3) is 0 Å². The quantitative estimate of drug-likeness (QED) is 0.695. The van der Waals surface area contributed by atoms with Crippen molar-refractivity contribution < 1.29 is 18.7 Å². The Kier molecular flexibility index (Phi) is 6.39. The standard InChI is InChI=1S/C18H16Cl2FNO3/c1-11(23)14-8-13(21)4-6-17(14)25-10-18(24)22(2)9-12-3-5-15(19)16(20)7-12/h3-8H,9-10H2,1-2H3. The van der Waals surface area contributed by atoms with Gasteiger partial charge < -0.3 is 9.64 Å². The molecule has 25 heavy (non-hydrogen) atoms. The second-order valence-electron chi connectivity index (χ2n) is 5.48. The van der Waals surface area contributed by atoms with E-state index in [1.807, 2.05) is 0 Å². The summed E-state index contributed by atoms with van der Waals surface area (Å²) in [5.41, 5.74) is 0.913. The van der Waals surface area contributed by atoms with Crippen LogP contribution in [0.2, 0.25) is 10.0 Å². The van der Waals surface area contributed by atoms with Gasteiger partial charge in [-0.1, -0.05) is 29.3 Å². The molecule has 0 saturated carbocycles. The van der Waals surface area contributed by atoms with E-state index in [9.17, 15) is 14.0 Å². The Bertz CT molecular complexity index is 811. The molecule has 0 aliphatic rings. The van der Waals surface area contributed by atoms with E-state index < -0.39 is 5.82 Å². The molecule has 0 N–H and O–H groups in total. The van der Waals surface area contributed by atoms with Crippen molar-refractivity contribution in [1.82, 2.24) is 4.90 Å². The molecular weight excluding hydrogens is 368 g/mol. The molecule has 4 nitrogen and oxygen atoms in total. The average Bonchev–Trinajstić information content (AvgIpc) is 2.56. The number of nitrogens with zero attached hydrogens (tertiary/aromatic N) is 1. The first-order valence-electron chi connectivity index (χ1n) is 7.39. The largest absolute Gasteiger partial charge is 0.483 e. The number of Topliss-reactive ketones (excluding diaryl/α,β-unsaturated/α-hetero) is 1. The first-order valence-corrected chi connectivity index (χ1v) is 8.14. The van der Waals surface area contributed by atoms with E-state index in [1.54, 1.807) is 25.2 Å². The minimum Gasteiger partial charge on any atom is -0.483 e. The van der Waals surface area contributed by atoms with Crippen LogP contribution in [0.5, 0.6) is 5.75 Å². The normalized spacial score (nSPS) is 10.4. The Morgan fingerprint density at radius 2 is 1.84 bits per heavy atom. The van der Waals surface area contributed by atoms with E-state index in [-0.39, 0.29) is 29.6 Å². The van der Waals surface area contributed by atoms with Crippen LogP contribution in [-0.2, 0) is 11.3 Å². The van der Waals surface area contributed by atoms with E-state index in [2.05, 4.69) is 0 Å². The molecule has 0 aliphatic heterocycles. The Hall–Kier alpha value is -2.11. The topological polar surface area (TPSA) is 46.6 Å². The summed E-state index contributed by atoms with van der Waals surface area (Å²) in [5.74, 6) is -1.01. The van der Waals surface area contributed by atoms with Gasteiger partial charge >= 0.3 is 0 Å². The van der Waals surface area contributed by atoms with Crippen LogP contribution in [0.4, 0.5) is 4.39 Å². The summed E-state index contributed by atoms with van der Waals surface area (Å²) >= 11 is 11.8. The summed E-state index contributed by atoms with van der Waals surface area (Å²) in [4.78, 5) is 25.2. The average molecular weight is 384 g/mol. The molecule has 0 aliphatic carbocycles. The maximum Gasteiger partial charge on any atom is 0.260 e. The van der Waals surface area contributed by atoms with Gasteiger partial charge in [0.15, 0.2) is 12.4 Å². The molecule has 0 bridgehead atoms. The number of benzene rings is 2. The lowest BCUT2D eigenvalue weighted by Gasteiger charge is -2.18. The van der Waals surface area contributed by atoms with Crippen molar-refractivity contribution in [1.29, 1.82) is 0 Å². The molecule has 0 heterocycles. The van der Waals surface area contributed by atoms with Crippen LogP contribution in [-0.4, -0.2) is 30.2 Å². The third-order valence-electron chi connectivity index (χ3n) is 3.50. The maximum absolute atomic E-state index is 13.2. The van der Waals surface area contributed by atoms with Crippen LogP contribution in [0.1, 0.15) is 22.8 Å². The van der Waals surface area contributed by atoms with Gasteiger partial charge in [0.1, 0.15) is 11.6 Å². The molecule has 2 aromatic carbocycles. The van der Waals surface area contributed by atoms with Gasteiger partial charge in [0.25, 0.3) is 5.91 Å². The second kappa shape index (κ2) is 8.32. The highest BCUT2D eigenvalue weighted by Crippen LogP contribution is 2.23. The van der Waals surface area contributed by atoms with Gasteiger partial charge in [-0.25, -0.2) is 4.39 Å². The van der Waals surface area contributed by atoms with Crippen molar-refractivity contribution in [2.45, 2.75) is 13.5 Å². The predicted molar refractivity (Wildman–Crippen MR) is 94.8 cm³/mol. The summed E-state index contributed by atoms with van der Waals surface area (Å²) in [6.45, 7) is 1.35. The van der Waals surface area contributed by atoms with Gasteiger partial charge in [-0.2, -0.15) is 0 Å². The summed E-state index contributed by atoms with van der Waals surface area (Å²) < 4.78 is 18.6. The number of ketones is 1. The molecule has 1 amide bonds. The lowest BCUT2D eigenvalue weighted by molar-refractivity contribution is -0.132. The number of hydrogen-bond acceptors (Lipinski definition) is 3. The minimum atomic E-state index is -0.541. The third kappa shape index (κ3) is 5.18. The fourth-order valence-corrected chi connectivity index (χ4v) is 2.47. The van der Waals surface area contributed by atoms with Crippen LogP contribution in [0.15, 0.2) is 36.4 Å². The van der Waals surface area contributed by atoms with Crippen molar-refractivity contribution in [3.63, 3.8) is 0 Å². The zero-order valence-corrected chi connectivity index (χ0v) is 15.2. The molecule has 2 aromatic rings. The van der Waals surface area contributed by atoms with Gasteiger partial charge in [-0.3, -0.25) is 9.59 Å². The van der Waals surface area contributed by atoms with Crippen LogP contribution in [0.3, 0.4) is 0 Å². The Morgan fingerprint density at radius 1 is 1.12 bits per heavy atom. The maximum atomic E-state index is 13.2. The number of ether oxygens (including phenoxy) is 1. The number of carbonyl (C=O) groups excluding carboxylic acids is 2. The van der Waals surface area contributed by atoms with E-state index in [0.29, 0.717) is 16.6 Å². The van der Waals surface area contributed by atoms with E-state index >= 15 is 0 Å². The Morgan fingerprint density at radius 3 is 2.48 bits per heavy atom. The van der Waals surface area contributed by atoms with Gasteiger partial charge in [-0.05, 0) is 42.8 Å². The fourth-order valence-electron chi connectivity index (χ4n) is 2.15. The van der Waals surface area contributed by atoms with Gasteiger partial charge in [0, 0.05) is 13.6 Å². The van der Waals surface area contributed by atoms with Crippen molar-refractivity contribution >= 4 is 34.9 Å². The fraction of sp³-hybridized carbons (Fsp3) is 0.222. The molecule has 0 atom stereocenters. The highest BCUT2D eigenvalue weighted by Gasteiger charge is 2.14. The van der Waals surface area contributed by atoms with Crippen LogP contribution in [0, 0.1) is 5.82 Å². The summed E-state index contributed by atoms with van der Waals surface area (Å²) in [6, 6.07) is 8.70. The molecule has 0 unspecified atom stereocenters. The first kappa shape index (κ1) is 19.2. The number of rotatable bonds is 6. The molecule has 7 heteroatoms. The van der Waals surface area contributed by atoms with Crippen molar-refractivity contribution in [2.75, 3.05) is 13.7 Å². The molecule has 0 radical (unpaired) electrons. The molecule has 0 saturated heterocycles. The molecule has 0 aromatic heterocycles. The second-order valence-corrected chi connectivity index (χ2v) is 6.30. The Labute approximate surface area is 155 Å².